The fourth-order valence-corrected chi connectivity index (χ4v) is 3.43. The van der Waals surface area contributed by atoms with Gasteiger partial charge in [-0.25, -0.2) is 15.0 Å². The predicted octanol–water partition coefficient (Wildman–Crippen LogP) is 2.32. The number of imidazole rings is 1. The van der Waals surface area contributed by atoms with Crippen molar-refractivity contribution in [2.24, 2.45) is 13.0 Å². The Bertz CT molecular complexity index is 665. The zero-order valence-corrected chi connectivity index (χ0v) is 14.5. The minimum Gasteiger partial charge on any atom is -0.354 e. The van der Waals surface area contributed by atoms with Crippen LogP contribution in [0.5, 0.6) is 0 Å². The first-order valence-corrected chi connectivity index (χ1v) is 8.27. The number of hydrogen-bond acceptors (Lipinski definition) is 5. The van der Waals surface area contributed by atoms with Crippen LogP contribution in [0.15, 0.2) is 18.7 Å². The normalized spacial score (nSPS) is 22.3. The largest absolute Gasteiger partial charge is 0.354 e. The highest BCUT2D eigenvalue weighted by atomic mass is 15.2. The lowest BCUT2D eigenvalue weighted by Gasteiger charge is -2.39. The summed E-state index contributed by atoms with van der Waals surface area (Å²) in [5, 5.41) is 3.44. The Morgan fingerprint density at radius 2 is 2.09 bits per heavy atom. The number of aromatic nitrogens is 4. The van der Waals surface area contributed by atoms with E-state index < -0.39 is 0 Å². The molecule has 0 bridgehead atoms. The third kappa shape index (κ3) is 3.37. The maximum atomic E-state index is 4.53. The first-order chi connectivity index (χ1) is 11.1. The molecule has 0 saturated carbocycles. The molecule has 3 rings (SSSR count). The maximum absolute atomic E-state index is 4.53. The third-order valence-corrected chi connectivity index (χ3v) is 4.91. The number of nitrogens with zero attached hydrogens (tertiary/aromatic N) is 5. The van der Waals surface area contributed by atoms with Crippen molar-refractivity contribution in [2.45, 2.75) is 32.7 Å². The van der Waals surface area contributed by atoms with Gasteiger partial charge < -0.3 is 9.88 Å². The van der Waals surface area contributed by atoms with Crippen molar-refractivity contribution in [3.8, 4) is 0 Å². The van der Waals surface area contributed by atoms with Crippen molar-refractivity contribution in [1.29, 1.82) is 0 Å². The van der Waals surface area contributed by atoms with Gasteiger partial charge in [0.2, 0.25) is 5.95 Å². The summed E-state index contributed by atoms with van der Waals surface area (Å²) in [6.07, 6.45) is 8.19. The molecular weight excluding hydrogens is 288 g/mol. The lowest BCUT2D eigenvalue weighted by Crippen LogP contribution is -2.39. The van der Waals surface area contributed by atoms with E-state index in [1.807, 2.05) is 32.6 Å². The summed E-state index contributed by atoms with van der Waals surface area (Å²) in [7, 11) is 4.28. The van der Waals surface area contributed by atoms with Crippen LogP contribution in [-0.4, -0.2) is 44.6 Å². The number of likely N-dealkylation sites (tertiary alicyclic amines) is 1. The van der Waals surface area contributed by atoms with Gasteiger partial charge in [0, 0.05) is 31.7 Å². The highest BCUT2D eigenvalue weighted by Crippen LogP contribution is 2.34. The maximum Gasteiger partial charge on any atom is 0.222 e. The second kappa shape index (κ2) is 6.66. The molecule has 2 aromatic heterocycles. The lowest BCUT2D eigenvalue weighted by molar-refractivity contribution is 0.122. The zero-order valence-electron chi connectivity index (χ0n) is 14.5. The molecule has 0 radical (unpaired) electrons. The van der Waals surface area contributed by atoms with E-state index in [0.717, 1.165) is 30.3 Å². The Kier molecular flexibility index (Phi) is 4.61. The third-order valence-electron chi connectivity index (χ3n) is 4.91. The molecule has 1 saturated heterocycles. The molecule has 1 N–H and O–H groups in total. The van der Waals surface area contributed by atoms with Gasteiger partial charge in [-0.3, -0.25) is 4.90 Å². The number of aryl methyl sites for hydroxylation is 3. The number of anilines is 1. The minimum atomic E-state index is 0.385. The molecule has 3 heterocycles. The number of hydrogen-bond donors (Lipinski definition) is 1. The molecule has 6 heteroatoms. The van der Waals surface area contributed by atoms with Crippen molar-refractivity contribution in [2.75, 3.05) is 25.5 Å². The van der Waals surface area contributed by atoms with E-state index in [-0.39, 0.29) is 0 Å². The number of rotatable bonds is 4. The van der Waals surface area contributed by atoms with Crippen LogP contribution in [0.3, 0.4) is 0 Å². The predicted molar refractivity (Wildman–Crippen MR) is 91.3 cm³/mol. The van der Waals surface area contributed by atoms with Gasteiger partial charge in [-0.1, -0.05) is 0 Å². The summed E-state index contributed by atoms with van der Waals surface area (Å²) in [5.41, 5.74) is 3.44. The Labute approximate surface area is 138 Å². The summed E-state index contributed by atoms with van der Waals surface area (Å²) in [6.45, 7) is 6.07. The summed E-state index contributed by atoms with van der Waals surface area (Å²) in [5.74, 6) is 1.25. The molecule has 0 aromatic carbocycles. The van der Waals surface area contributed by atoms with Crippen LogP contribution in [0.4, 0.5) is 5.95 Å². The molecule has 1 aliphatic heterocycles. The van der Waals surface area contributed by atoms with Gasteiger partial charge in [0.1, 0.15) is 0 Å². The Morgan fingerprint density at radius 1 is 1.26 bits per heavy atom. The molecule has 6 nitrogen and oxygen atoms in total. The highest BCUT2D eigenvalue weighted by Gasteiger charge is 2.32. The van der Waals surface area contributed by atoms with Gasteiger partial charge >= 0.3 is 0 Å². The monoisotopic (exact) mass is 314 g/mol. The molecule has 2 atom stereocenters. The summed E-state index contributed by atoms with van der Waals surface area (Å²) in [6, 6.07) is 0.385. The standard InChI is InChI=1S/C17H26N6/c1-12-8-19-17(21-13(12)2)20-9-14-6-5-7-22(3)16(14)15-10-18-11-23(15)4/h8,10-11,14,16H,5-7,9H2,1-4H3,(H,19,20,21)/t14-,16+/m0/s1. The molecule has 1 fully saturated rings. The number of nitrogens with one attached hydrogen (secondary N) is 1. The van der Waals surface area contributed by atoms with E-state index in [1.54, 1.807) is 0 Å². The zero-order chi connectivity index (χ0) is 16.4. The molecular formula is C17H26N6. The fraction of sp³-hybridized carbons (Fsp3) is 0.588. The van der Waals surface area contributed by atoms with Crippen LogP contribution in [0, 0.1) is 19.8 Å². The van der Waals surface area contributed by atoms with Crippen LogP contribution in [0.2, 0.25) is 0 Å². The molecule has 0 amide bonds. The smallest absolute Gasteiger partial charge is 0.222 e. The van der Waals surface area contributed by atoms with Crippen LogP contribution in [0.1, 0.15) is 35.8 Å². The van der Waals surface area contributed by atoms with Crippen molar-refractivity contribution in [3.05, 3.63) is 35.7 Å². The molecule has 0 aliphatic carbocycles. The molecule has 1 aliphatic rings. The van der Waals surface area contributed by atoms with Gasteiger partial charge in [0.25, 0.3) is 0 Å². The Hall–Kier alpha value is -1.95. The Balaban J connectivity index is 1.74. The van der Waals surface area contributed by atoms with E-state index in [4.69, 9.17) is 0 Å². The van der Waals surface area contributed by atoms with Crippen LogP contribution >= 0.6 is 0 Å². The van der Waals surface area contributed by atoms with Crippen LogP contribution in [-0.2, 0) is 7.05 Å². The SMILES string of the molecule is Cc1cnc(NC[C@@H]2CCCN(C)[C@H]2c2cncn2C)nc1C. The molecule has 124 valence electrons. The van der Waals surface area contributed by atoms with Crippen LogP contribution in [0.25, 0.3) is 0 Å². The Morgan fingerprint density at radius 3 is 2.78 bits per heavy atom. The fourth-order valence-electron chi connectivity index (χ4n) is 3.43. The van der Waals surface area contributed by atoms with E-state index in [1.165, 1.54) is 18.5 Å². The van der Waals surface area contributed by atoms with E-state index in [0.29, 0.717) is 12.0 Å². The first-order valence-electron chi connectivity index (χ1n) is 8.27. The van der Waals surface area contributed by atoms with Gasteiger partial charge in [-0.2, -0.15) is 0 Å². The van der Waals surface area contributed by atoms with Crippen molar-refractivity contribution >= 4 is 5.95 Å². The van der Waals surface area contributed by atoms with Crippen molar-refractivity contribution in [3.63, 3.8) is 0 Å². The molecule has 0 spiro atoms. The molecule has 0 unspecified atom stereocenters. The summed E-state index contributed by atoms with van der Waals surface area (Å²) in [4.78, 5) is 15.7. The highest BCUT2D eigenvalue weighted by molar-refractivity contribution is 5.28. The number of piperidine rings is 1. The quantitative estimate of drug-likeness (QED) is 0.938. The summed E-state index contributed by atoms with van der Waals surface area (Å²) < 4.78 is 2.13. The van der Waals surface area contributed by atoms with E-state index in [2.05, 4.69) is 43.8 Å². The molecule has 2 aromatic rings. The second-order valence-corrected chi connectivity index (χ2v) is 6.60. The lowest BCUT2D eigenvalue weighted by atomic mass is 9.87. The van der Waals surface area contributed by atoms with Gasteiger partial charge in [0.05, 0.1) is 18.1 Å². The van der Waals surface area contributed by atoms with Gasteiger partial charge in [-0.15, -0.1) is 0 Å². The van der Waals surface area contributed by atoms with Gasteiger partial charge in [0.15, 0.2) is 0 Å². The summed E-state index contributed by atoms with van der Waals surface area (Å²) >= 11 is 0. The van der Waals surface area contributed by atoms with Crippen molar-refractivity contribution < 1.29 is 0 Å². The van der Waals surface area contributed by atoms with E-state index in [9.17, 15) is 0 Å². The first kappa shape index (κ1) is 15.9. The van der Waals surface area contributed by atoms with Crippen molar-refractivity contribution in [1.82, 2.24) is 24.4 Å². The van der Waals surface area contributed by atoms with E-state index >= 15 is 0 Å². The average Bonchev–Trinajstić information content (AvgIpc) is 2.94. The average molecular weight is 314 g/mol. The minimum absolute atomic E-state index is 0.385. The van der Waals surface area contributed by atoms with Gasteiger partial charge in [-0.05, 0) is 51.8 Å². The second-order valence-electron chi connectivity index (χ2n) is 6.60. The molecule has 23 heavy (non-hydrogen) atoms. The van der Waals surface area contributed by atoms with Crippen LogP contribution < -0.4 is 5.32 Å². The topological polar surface area (TPSA) is 58.9 Å².